The molecular weight excluding hydrogens is 292 g/mol. The first-order valence-electron chi connectivity index (χ1n) is 6.33. The third-order valence-corrected chi connectivity index (χ3v) is 3.90. The van der Waals surface area contributed by atoms with E-state index in [1.54, 1.807) is 6.07 Å². The molecule has 0 radical (unpaired) electrons. The van der Waals surface area contributed by atoms with Gasteiger partial charge >= 0.3 is 5.97 Å². The van der Waals surface area contributed by atoms with Gasteiger partial charge in [-0.15, -0.1) is 0 Å². The predicted molar refractivity (Wildman–Crippen MR) is 80.7 cm³/mol. The van der Waals surface area contributed by atoms with E-state index in [4.69, 9.17) is 10.3 Å². The maximum atomic E-state index is 11.9. The van der Waals surface area contributed by atoms with Crippen molar-refractivity contribution in [3.63, 3.8) is 0 Å². The van der Waals surface area contributed by atoms with Crippen molar-refractivity contribution < 1.29 is 18.7 Å². The molecule has 0 aliphatic heterocycles. The fourth-order valence-corrected chi connectivity index (χ4v) is 2.79. The van der Waals surface area contributed by atoms with Crippen LogP contribution in [0, 0.1) is 0 Å². The number of para-hydroxylation sites is 1. The number of amides is 1. The molecule has 21 heavy (non-hydrogen) atoms. The van der Waals surface area contributed by atoms with Gasteiger partial charge in [0.15, 0.2) is 0 Å². The summed E-state index contributed by atoms with van der Waals surface area (Å²) in [6.45, 7) is 0. The van der Waals surface area contributed by atoms with Crippen LogP contribution >= 0.6 is 11.8 Å². The molecule has 1 aromatic carbocycles. The lowest BCUT2D eigenvalue weighted by Gasteiger charge is -2.02. The molecule has 6 nitrogen and oxygen atoms in total. The second kappa shape index (κ2) is 7.14. The van der Waals surface area contributed by atoms with E-state index in [9.17, 15) is 9.59 Å². The monoisotopic (exact) mass is 308 g/mol. The van der Waals surface area contributed by atoms with E-state index in [-0.39, 0.29) is 11.9 Å². The molecule has 0 spiro atoms. The Labute approximate surface area is 126 Å². The second-order valence-corrected chi connectivity index (χ2v) is 5.35. The van der Waals surface area contributed by atoms with E-state index in [0.29, 0.717) is 34.8 Å². The third-order valence-electron chi connectivity index (χ3n) is 2.94. The van der Waals surface area contributed by atoms with Crippen molar-refractivity contribution in [1.82, 2.24) is 5.43 Å². The molecule has 2 rings (SSSR count). The topological polar surface area (TPSA) is 94.6 Å². The van der Waals surface area contributed by atoms with E-state index < -0.39 is 0 Å². The summed E-state index contributed by atoms with van der Waals surface area (Å²) in [5.74, 6) is 6.20. The van der Waals surface area contributed by atoms with Gasteiger partial charge in [-0.25, -0.2) is 5.84 Å². The highest BCUT2D eigenvalue weighted by Crippen LogP contribution is 2.28. The minimum absolute atomic E-state index is 0.257. The van der Waals surface area contributed by atoms with Crippen molar-refractivity contribution in [2.24, 2.45) is 5.84 Å². The predicted octanol–water partition coefficient (Wildman–Crippen LogP) is 1.83. The first-order chi connectivity index (χ1) is 10.2. The summed E-state index contributed by atoms with van der Waals surface area (Å²) in [5.41, 5.74) is 3.22. The lowest BCUT2D eigenvalue weighted by Crippen LogP contribution is -2.30. The molecule has 7 heteroatoms. The van der Waals surface area contributed by atoms with Crippen LogP contribution < -0.4 is 11.3 Å². The van der Waals surface area contributed by atoms with Gasteiger partial charge in [0.05, 0.1) is 24.8 Å². The molecule has 0 aliphatic carbocycles. The van der Waals surface area contributed by atoms with Crippen molar-refractivity contribution in [2.75, 3.05) is 12.9 Å². The van der Waals surface area contributed by atoms with Gasteiger partial charge in [0, 0.05) is 11.1 Å². The van der Waals surface area contributed by atoms with E-state index in [0.717, 1.165) is 5.39 Å². The summed E-state index contributed by atoms with van der Waals surface area (Å²) >= 11 is 1.49. The number of hydrazine groups is 1. The van der Waals surface area contributed by atoms with Gasteiger partial charge in [0.1, 0.15) is 11.3 Å². The summed E-state index contributed by atoms with van der Waals surface area (Å²) in [4.78, 5) is 23.0. The number of rotatable bonds is 6. The van der Waals surface area contributed by atoms with E-state index in [2.05, 4.69) is 10.2 Å². The zero-order valence-electron chi connectivity index (χ0n) is 11.5. The van der Waals surface area contributed by atoms with Crippen LogP contribution in [0.4, 0.5) is 0 Å². The molecule has 0 saturated carbocycles. The molecule has 0 unspecified atom stereocenters. The Kier molecular flexibility index (Phi) is 5.24. The van der Waals surface area contributed by atoms with Crippen LogP contribution in [0.5, 0.6) is 0 Å². The Hall–Kier alpha value is -1.99. The Balaban J connectivity index is 2.15. The Morgan fingerprint density at radius 1 is 1.38 bits per heavy atom. The summed E-state index contributed by atoms with van der Waals surface area (Å²) in [5, 5.41) is 0.726. The van der Waals surface area contributed by atoms with Crippen molar-refractivity contribution in [2.45, 2.75) is 12.2 Å². The van der Waals surface area contributed by atoms with Gasteiger partial charge in [0.2, 0.25) is 0 Å². The van der Waals surface area contributed by atoms with Crippen LogP contribution in [0.1, 0.15) is 22.5 Å². The van der Waals surface area contributed by atoms with Crippen LogP contribution in [-0.2, 0) is 15.3 Å². The number of ether oxygens (including phenoxy) is 1. The number of nitrogen functional groups attached to an aromatic ring is 1. The number of hydrogen-bond donors (Lipinski definition) is 2. The van der Waals surface area contributed by atoms with E-state index >= 15 is 0 Å². The average molecular weight is 308 g/mol. The van der Waals surface area contributed by atoms with Crippen LogP contribution in [0.2, 0.25) is 0 Å². The van der Waals surface area contributed by atoms with Crippen LogP contribution in [0.3, 0.4) is 0 Å². The largest absolute Gasteiger partial charge is 0.469 e. The normalized spacial score (nSPS) is 10.6. The molecule has 0 atom stereocenters. The number of carbonyl (C=O) groups is 2. The smallest absolute Gasteiger partial charge is 0.306 e. The molecule has 1 heterocycles. The zero-order valence-corrected chi connectivity index (χ0v) is 12.4. The fraction of sp³-hybridized carbons (Fsp3) is 0.286. The molecule has 2 aromatic rings. The number of nitrogens with two attached hydrogens (primary N) is 1. The molecule has 0 bridgehead atoms. The van der Waals surface area contributed by atoms with Crippen molar-refractivity contribution in [1.29, 1.82) is 0 Å². The SMILES string of the molecule is COC(=O)CCSCc1oc2ccccc2c1C(=O)NN. The highest BCUT2D eigenvalue weighted by atomic mass is 32.2. The fourth-order valence-electron chi connectivity index (χ4n) is 1.94. The van der Waals surface area contributed by atoms with Crippen molar-refractivity contribution >= 4 is 34.6 Å². The summed E-state index contributed by atoms with van der Waals surface area (Å²) in [6, 6.07) is 7.28. The van der Waals surface area contributed by atoms with Crippen LogP contribution in [0.15, 0.2) is 28.7 Å². The number of methoxy groups -OCH3 is 1. The number of thioether (sulfide) groups is 1. The van der Waals surface area contributed by atoms with Gasteiger partial charge < -0.3 is 9.15 Å². The minimum Gasteiger partial charge on any atom is -0.469 e. The maximum Gasteiger partial charge on any atom is 0.306 e. The van der Waals surface area contributed by atoms with Crippen LogP contribution in [-0.4, -0.2) is 24.7 Å². The van der Waals surface area contributed by atoms with Gasteiger partial charge in [0.25, 0.3) is 5.91 Å². The molecule has 0 fully saturated rings. The van der Waals surface area contributed by atoms with Gasteiger partial charge in [-0.1, -0.05) is 18.2 Å². The molecule has 0 aliphatic rings. The number of nitrogens with one attached hydrogen (secondary N) is 1. The van der Waals surface area contributed by atoms with Crippen LogP contribution in [0.25, 0.3) is 11.0 Å². The summed E-state index contributed by atoms with van der Waals surface area (Å²) < 4.78 is 10.3. The third kappa shape index (κ3) is 3.56. The Bertz CT molecular complexity index is 653. The lowest BCUT2D eigenvalue weighted by molar-refractivity contribution is -0.140. The average Bonchev–Trinajstić information content (AvgIpc) is 2.88. The highest BCUT2D eigenvalue weighted by molar-refractivity contribution is 7.98. The molecule has 112 valence electrons. The number of benzene rings is 1. The maximum absolute atomic E-state index is 11.9. The standard InChI is InChI=1S/C14H16N2O4S/c1-19-12(17)6-7-21-8-11-13(14(18)16-15)9-4-2-3-5-10(9)20-11/h2-5H,6-8,15H2,1H3,(H,16,18). The van der Waals surface area contributed by atoms with Gasteiger partial charge in [-0.3, -0.25) is 15.0 Å². The number of fused-ring (bicyclic) bond motifs is 1. The number of carbonyl (C=O) groups excluding carboxylic acids is 2. The van der Waals surface area contributed by atoms with Crippen molar-refractivity contribution in [3.05, 3.63) is 35.6 Å². The number of esters is 1. The van der Waals surface area contributed by atoms with Crippen molar-refractivity contribution in [3.8, 4) is 0 Å². The van der Waals surface area contributed by atoms with E-state index in [1.807, 2.05) is 18.2 Å². The minimum atomic E-state index is -0.386. The Morgan fingerprint density at radius 3 is 2.86 bits per heavy atom. The first kappa shape index (κ1) is 15.4. The lowest BCUT2D eigenvalue weighted by atomic mass is 10.1. The summed E-state index contributed by atoms with van der Waals surface area (Å²) in [6.07, 6.45) is 0.319. The molecule has 3 N–H and O–H groups in total. The second-order valence-electron chi connectivity index (χ2n) is 4.25. The highest BCUT2D eigenvalue weighted by Gasteiger charge is 2.19. The number of furan rings is 1. The van der Waals surface area contributed by atoms with Gasteiger partial charge in [-0.05, 0) is 6.07 Å². The zero-order chi connectivity index (χ0) is 15.2. The molecule has 1 aromatic heterocycles. The number of hydrogen-bond acceptors (Lipinski definition) is 6. The molecule has 0 saturated heterocycles. The summed E-state index contributed by atoms with van der Waals surface area (Å²) in [7, 11) is 1.36. The molecular formula is C14H16N2O4S. The van der Waals surface area contributed by atoms with E-state index in [1.165, 1.54) is 18.9 Å². The quantitative estimate of drug-likeness (QED) is 0.278. The molecule has 1 amide bonds. The first-order valence-corrected chi connectivity index (χ1v) is 7.48. The van der Waals surface area contributed by atoms with Gasteiger partial charge in [-0.2, -0.15) is 11.8 Å². The Morgan fingerprint density at radius 2 is 2.14 bits per heavy atom.